The van der Waals surface area contributed by atoms with Crippen molar-refractivity contribution in [3.63, 3.8) is 0 Å². The molecule has 0 spiro atoms. The Kier molecular flexibility index (Phi) is 4.72. The molecule has 158 valence electrons. The summed E-state index contributed by atoms with van der Waals surface area (Å²) in [6.45, 7) is 9.77. The van der Waals surface area contributed by atoms with Gasteiger partial charge in [0, 0.05) is 22.8 Å². The van der Waals surface area contributed by atoms with Crippen LogP contribution in [0.15, 0.2) is 47.3 Å². The van der Waals surface area contributed by atoms with Crippen LogP contribution >= 0.6 is 22.9 Å². The Labute approximate surface area is 190 Å². The molecule has 1 aliphatic rings. The lowest BCUT2D eigenvalue weighted by molar-refractivity contribution is 0.550. The first-order chi connectivity index (χ1) is 14.8. The summed E-state index contributed by atoms with van der Waals surface area (Å²) >= 11 is 8.14. The van der Waals surface area contributed by atoms with Crippen LogP contribution in [0.5, 0.6) is 0 Å². The summed E-state index contributed by atoms with van der Waals surface area (Å²) in [6.07, 6.45) is 5.27. The SMILES string of the molecule is CCCN1c2cc(Cl)c(/C=c3/sc4nc5ccccc5n4c3=O)cc2C(C)=CC1(C)C. The number of hydrogen-bond donors (Lipinski definition) is 0. The summed E-state index contributed by atoms with van der Waals surface area (Å²) in [7, 11) is 0. The second kappa shape index (κ2) is 7.21. The first-order valence-electron chi connectivity index (χ1n) is 10.5. The maximum atomic E-state index is 13.1. The van der Waals surface area contributed by atoms with Crippen molar-refractivity contribution in [2.75, 3.05) is 11.4 Å². The van der Waals surface area contributed by atoms with E-state index in [9.17, 15) is 4.79 Å². The van der Waals surface area contributed by atoms with Gasteiger partial charge in [0.2, 0.25) is 0 Å². The van der Waals surface area contributed by atoms with Gasteiger partial charge in [-0.1, -0.05) is 48.1 Å². The number of para-hydroxylation sites is 2. The molecule has 0 bridgehead atoms. The molecule has 0 saturated heterocycles. The number of allylic oxidation sites excluding steroid dienone is 1. The van der Waals surface area contributed by atoms with E-state index < -0.39 is 0 Å². The van der Waals surface area contributed by atoms with E-state index in [1.54, 1.807) is 4.40 Å². The average Bonchev–Trinajstić information content (AvgIpc) is 3.22. The quantitative estimate of drug-likeness (QED) is 0.413. The summed E-state index contributed by atoms with van der Waals surface area (Å²) < 4.78 is 2.33. The molecule has 0 fully saturated rings. The van der Waals surface area contributed by atoms with Crippen molar-refractivity contribution in [2.45, 2.75) is 39.7 Å². The van der Waals surface area contributed by atoms with E-state index in [2.05, 4.69) is 55.8 Å². The van der Waals surface area contributed by atoms with Gasteiger partial charge in [-0.05, 0) is 68.7 Å². The Bertz CT molecular complexity index is 1480. The Morgan fingerprint density at radius 3 is 2.77 bits per heavy atom. The highest BCUT2D eigenvalue weighted by Gasteiger charge is 2.31. The van der Waals surface area contributed by atoms with Gasteiger partial charge >= 0.3 is 0 Å². The van der Waals surface area contributed by atoms with E-state index in [1.165, 1.54) is 22.5 Å². The first kappa shape index (κ1) is 20.3. The summed E-state index contributed by atoms with van der Waals surface area (Å²) in [6, 6.07) is 11.9. The topological polar surface area (TPSA) is 37.6 Å². The standard InChI is InChI=1S/C25H24ClN3OS/c1-5-10-28-21-13-18(26)16(11-17(21)15(2)14-25(28,3)4)12-22-23(30)29-20-9-7-6-8-19(20)27-24(29)31-22/h6-9,11-14H,5,10H2,1-4H3/b22-12+. The fraction of sp³-hybridized carbons (Fsp3) is 0.280. The van der Waals surface area contributed by atoms with Crippen LogP contribution in [-0.4, -0.2) is 21.5 Å². The smallest absolute Gasteiger partial charge is 0.274 e. The normalized spacial score (nSPS) is 16.2. The van der Waals surface area contributed by atoms with Gasteiger partial charge in [0.15, 0.2) is 4.96 Å². The van der Waals surface area contributed by atoms with Gasteiger partial charge < -0.3 is 4.90 Å². The molecular weight excluding hydrogens is 426 g/mol. The molecule has 0 aliphatic carbocycles. The number of hydrogen-bond acceptors (Lipinski definition) is 4. The van der Waals surface area contributed by atoms with Crippen LogP contribution in [0, 0.1) is 0 Å². The minimum atomic E-state index is -0.0655. The van der Waals surface area contributed by atoms with Crippen molar-refractivity contribution in [3.05, 3.63) is 73.5 Å². The number of fused-ring (bicyclic) bond motifs is 4. The molecule has 6 heteroatoms. The Hall–Kier alpha value is -2.63. The van der Waals surface area contributed by atoms with E-state index in [4.69, 9.17) is 11.6 Å². The minimum Gasteiger partial charge on any atom is -0.362 e. The van der Waals surface area contributed by atoms with E-state index in [0.717, 1.165) is 35.2 Å². The molecule has 3 heterocycles. The third-order valence-corrected chi connectivity index (χ3v) is 7.27. The van der Waals surface area contributed by atoms with Crippen molar-refractivity contribution < 1.29 is 0 Å². The number of aromatic nitrogens is 2. The monoisotopic (exact) mass is 449 g/mol. The van der Waals surface area contributed by atoms with E-state index in [1.807, 2.05) is 30.3 Å². The molecule has 31 heavy (non-hydrogen) atoms. The van der Waals surface area contributed by atoms with Crippen LogP contribution in [0.1, 0.15) is 45.2 Å². The van der Waals surface area contributed by atoms with Crippen LogP contribution in [0.2, 0.25) is 5.02 Å². The Balaban J connectivity index is 1.69. The molecule has 2 aromatic heterocycles. The second-order valence-electron chi connectivity index (χ2n) is 8.66. The highest BCUT2D eigenvalue weighted by atomic mass is 35.5. The van der Waals surface area contributed by atoms with E-state index in [0.29, 0.717) is 14.5 Å². The molecule has 4 nitrogen and oxygen atoms in total. The van der Waals surface area contributed by atoms with E-state index in [-0.39, 0.29) is 11.1 Å². The van der Waals surface area contributed by atoms with Gasteiger partial charge in [0.05, 0.1) is 21.1 Å². The number of nitrogens with zero attached hydrogens (tertiary/aromatic N) is 3. The van der Waals surface area contributed by atoms with Gasteiger partial charge in [-0.25, -0.2) is 9.38 Å². The van der Waals surface area contributed by atoms with Crippen LogP contribution in [0.4, 0.5) is 5.69 Å². The molecule has 0 atom stereocenters. The Morgan fingerprint density at radius 1 is 1.23 bits per heavy atom. The van der Waals surface area contributed by atoms with Gasteiger partial charge in [0.25, 0.3) is 5.56 Å². The van der Waals surface area contributed by atoms with E-state index >= 15 is 0 Å². The maximum absolute atomic E-state index is 13.1. The lowest BCUT2D eigenvalue weighted by atomic mass is 9.88. The number of thiazole rings is 1. The molecular formula is C25H24ClN3OS. The van der Waals surface area contributed by atoms with Crippen molar-refractivity contribution in [2.24, 2.45) is 0 Å². The van der Waals surface area contributed by atoms with Gasteiger partial charge in [0.1, 0.15) is 0 Å². The lowest BCUT2D eigenvalue weighted by Crippen LogP contribution is -2.45. The predicted octanol–water partition coefficient (Wildman–Crippen LogP) is 5.52. The molecule has 5 rings (SSSR count). The van der Waals surface area contributed by atoms with Crippen LogP contribution in [0.25, 0.3) is 27.6 Å². The number of benzene rings is 2. The van der Waals surface area contributed by atoms with Gasteiger partial charge in [-0.3, -0.25) is 4.79 Å². The zero-order valence-corrected chi connectivity index (χ0v) is 19.6. The molecule has 0 amide bonds. The summed E-state index contributed by atoms with van der Waals surface area (Å²) in [4.78, 5) is 20.9. The lowest BCUT2D eigenvalue weighted by Gasteiger charge is -2.43. The highest BCUT2D eigenvalue weighted by Crippen LogP contribution is 2.41. The molecule has 0 N–H and O–H groups in total. The summed E-state index contributed by atoms with van der Waals surface area (Å²) in [5, 5.41) is 0.653. The van der Waals surface area contributed by atoms with Gasteiger partial charge in [-0.15, -0.1) is 0 Å². The van der Waals surface area contributed by atoms with Crippen LogP contribution in [0.3, 0.4) is 0 Å². The summed E-state index contributed by atoms with van der Waals surface area (Å²) in [5.41, 5.74) is 5.97. The fourth-order valence-electron chi connectivity index (χ4n) is 4.61. The summed E-state index contributed by atoms with van der Waals surface area (Å²) in [5.74, 6) is 0. The zero-order valence-electron chi connectivity index (χ0n) is 18.1. The van der Waals surface area contributed by atoms with Crippen molar-refractivity contribution >= 4 is 56.3 Å². The minimum absolute atomic E-state index is 0.0523. The molecule has 1 aliphatic heterocycles. The van der Waals surface area contributed by atoms with Crippen molar-refractivity contribution in [3.8, 4) is 0 Å². The average molecular weight is 450 g/mol. The fourth-order valence-corrected chi connectivity index (χ4v) is 5.80. The third-order valence-electron chi connectivity index (χ3n) is 5.97. The zero-order chi connectivity index (χ0) is 21.9. The molecule has 4 aromatic rings. The van der Waals surface area contributed by atoms with Gasteiger partial charge in [-0.2, -0.15) is 0 Å². The second-order valence-corrected chi connectivity index (χ2v) is 10.1. The van der Waals surface area contributed by atoms with Crippen molar-refractivity contribution in [1.82, 2.24) is 9.38 Å². The predicted molar refractivity (Wildman–Crippen MR) is 132 cm³/mol. The number of rotatable bonds is 3. The van der Waals surface area contributed by atoms with Crippen LogP contribution < -0.4 is 15.0 Å². The largest absolute Gasteiger partial charge is 0.362 e. The molecule has 0 saturated carbocycles. The number of imidazole rings is 1. The van der Waals surface area contributed by atoms with Crippen molar-refractivity contribution in [1.29, 1.82) is 0 Å². The molecule has 0 unspecified atom stereocenters. The van der Waals surface area contributed by atoms with Crippen LogP contribution in [-0.2, 0) is 0 Å². The molecule has 2 aromatic carbocycles. The maximum Gasteiger partial charge on any atom is 0.274 e. The number of halogens is 1. The number of anilines is 1. The Morgan fingerprint density at radius 2 is 2.00 bits per heavy atom. The molecule has 0 radical (unpaired) electrons. The first-order valence-corrected chi connectivity index (χ1v) is 11.7. The third kappa shape index (κ3) is 3.19. The highest BCUT2D eigenvalue weighted by molar-refractivity contribution is 7.15.